The van der Waals surface area contributed by atoms with Crippen LogP contribution in [0, 0.1) is 0 Å². The first-order valence-corrected chi connectivity index (χ1v) is 8.97. The molecule has 0 bridgehead atoms. The number of carbonyl (C=O) groups is 3. The Labute approximate surface area is 156 Å². The molecule has 0 heterocycles. The Hall–Kier alpha value is -1.99. The van der Waals surface area contributed by atoms with Crippen molar-refractivity contribution in [3.05, 3.63) is 0 Å². The van der Waals surface area contributed by atoms with Crippen LogP contribution >= 0.6 is 0 Å². The average molecular weight is 374 g/mol. The van der Waals surface area contributed by atoms with Gasteiger partial charge < -0.3 is 24.8 Å². The summed E-state index contributed by atoms with van der Waals surface area (Å²) in [5.41, 5.74) is -1.20. The van der Waals surface area contributed by atoms with Crippen LogP contribution in [0.5, 0.6) is 0 Å². The normalized spacial score (nSPS) is 12.7. The molecule has 0 fully saturated rings. The quantitative estimate of drug-likeness (QED) is 0.384. The standard InChI is InChI=1S/C18H34N2O6/c1-8-24-14(21)13(20-16(23)26-18(5,6)7)11-9-10-12-19-15(22)25-17(2,3)4/h13H,8-12H2,1-7H3,(H,19,22)(H,20,23). The predicted octanol–water partition coefficient (Wildman–Crippen LogP) is 3.14. The largest absolute Gasteiger partial charge is 0.464 e. The predicted molar refractivity (Wildman–Crippen MR) is 97.9 cm³/mol. The topological polar surface area (TPSA) is 103 Å². The molecule has 0 aliphatic heterocycles. The molecular weight excluding hydrogens is 340 g/mol. The Kier molecular flexibility index (Phi) is 10.0. The summed E-state index contributed by atoms with van der Waals surface area (Å²) in [6.45, 7) is 12.9. The van der Waals surface area contributed by atoms with Crippen LogP contribution in [0.3, 0.4) is 0 Å². The number of unbranched alkanes of at least 4 members (excludes halogenated alkanes) is 1. The number of ether oxygens (including phenoxy) is 3. The summed E-state index contributed by atoms with van der Waals surface area (Å²) in [6.07, 6.45) is 0.475. The molecule has 0 aliphatic rings. The fourth-order valence-corrected chi connectivity index (χ4v) is 1.92. The second kappa shape index (κ2) is 10.9. The molecule has 0 aromatic carbocycles. The smallest absolute Gasteiger partial charge is 0.408 e. The number of amides is 2. The van der Waals surface area contributed by atoms with Gasteiger partial charge in [0.05, 0.1) is 6.61 Å². The summed E-state index contributed by atoms with van der Waals surface area (Å²) in [4.78, 5) is 35.4. The maximum absolute atomic E-state index is 12.0. The molecule has 26 heavy (non-hydrogen) atoms. The van der Waals surface area contributed by atoms with Gasteiger partial charge in [0.2, 0.25) is 0 Å². The number of hydrogen-bond acceptors (Lipinski definition) is 6. The van der Waals surface area contributed by atoms with Gasteiger partial charge in [0.1, 0.15) is 17.2 Å². The van der Waals surface area contributed by atoms with Crippen LogP contribution < -0.4 is 10.6 Å². The highest BCUT2D eigenvalue weighted by atomic mass is 16.6. The van der Waals surface area contributed by atoms with E-state index in [0.717, 1.165) is 0 Å². The van der Waals surface area contributed by atoms with E-state index in [1.165, 1.54) is 0 Å². The van der Waals surface area contributed by atoms with E-state index in [9.17, 15) is 14.4 Å². The van der Waals surface area contributed by atoms with Gasteiger partial charge in [-0.1, -0.05) is 0 Å². The first kappa shape index (κ1) is 24.0. The van der Waals surface area contributed by atoms with Crippen molar-refractivity contribution in [2.24, 2.45) is 0 Å². The molecule has 0 saturated carbocycles. The molecular formula is C18H34N2O6. The highest BCUT2D eigenvalue weighted by Gasteiger charge is 2.25. The van der Waals surface area contributed by atoms with Gasteiger partial charge in [0.25, 0.3) is 0 Å². The SMILES string of the molecule is CCOC(=O)C(CCCCNC(=O)OC(C)(C)C)NC(=O)OC(C)(C)C. The molecule has 0 aromatic heterocycles. The maximum atomic E-state index is 12.0. The molecule has 2 amide bonds. The zero-order valence-electron chi connectivity index (χ0n) is 17.1. The van der Waals surface area contributed by atoms with Crippen LogP contribution in [0.15, 0.2) is 0 Å². The van der Waals surface area contributed by atoms with Crippen molar-refractivity contribution in [1.82, 2.24) is 10.6 Å². The molecule has 0 aromatic rings. The Bertz CT molecular complexity index is 465. The molecule has 0 rings (SSSR count). The molecule has 2 N–H and O–H groups in total. The van der Waals surface area contributed by atoms with E-state index in [1.54, 1.807) is 48.5 Å². The van der Waals surface area contributed by atoms with Gasteiger partial charge in [-0.3, -0.25) is 0 Å². The van der Waals surface area contributed by atoms with Crippen LogP contribution in [-0.2, 0) is 19.0 Å². The Morgan fingerprint density at radius 2 is 1.42 bits per heavy atom. The lowest BCUT2D eigenvalue weighted by Crippen LogP contribution is -2.44. The summed E-state index contributed by atoms with van der Waals surface area (Å²) in [5.74, 6) is -0.501. The minimum absolute atomic E-state index is 0.228. The second-order valence-corrected chi connectivity index (χ2v) is 7.88. The lowest BCUT2D eigenvalue weighted by atomic mass is 10.1. The third-order valence-electron chi connectivity index (χ3n) is 2.85. The molecule has 152 valence electrons. The molecule has 8 nitrogen and oxygen atoms in total. The lowest BCUT2D eigenvalue weighted by molar-refractivity contribution is -0.145. The second-order valence-electron chi connectivity index (χ2n) is 7.88. The van der Waals surface area contributed by atoms with Crippen molar-refractivity contribution in [3.63, 3.8) is 0 Å². The van der Waals surface area contributed by atoms with E-state index < -0.39 is 35.4 Å². The van der Waals surface area contributed by atoms with Crippen molar-refractivity contribution in [2.45, 2.75) is 85.0 Å². The zero-order valence-corrected chi connectivity index (χ0v) is 17.1. The van der Waals surface area contributed by atoms with Crippen molar-refractivity contribution in [3.8, 4) is 0 Å². The summed E-state index contributed by atoms with van der Waals surface area (Å²) < 4.78 is 15.3. The van der Waals surface area contributed by atoms with Gasteiger partial charge in [-0.05, 0) is 67.7 Å². The van der Waals surface area contributed by atoms with Crippen LogP contribution in [-0.4, -0.2) is 48.6 Å². The van der Waals surface area contributed by atoms with Crippen LogP contribution in [0.4, 0.5) is 9.59 Å². The van der Waals surface area contributed by atoms with Gasteiger partial charge in [-0.2, -0.15) is 0 Å². The summed E-state index contributed by atoms with van der Waals surface area (Å²) in [5, 5.41) is 5.19. The van der Waals surface area contributed by atoms with Crippen molar-refractivity contribution >= 4 is 18.2 Å². The monoisotopic (exact) mass is 374 g/mol. The lowest BCUT2D eigenvalue weighted by Gasteiger charge is -2.23. The Morgan fingerprint density at radius 1 is 0.885 bits per heavy atom. The molecule has 1 atom stereocenters. The number of esters is 1. The number of nitrogens with one attached hydrogen (secondary N) is 2. The average Bonchev–Trinajstić information content (AvgIpc) is 2.41. The Morgan fingerprint density at radius 3 is 1.92 bits per heavy atom. The first-order chi connectivity index (χ1) is 11.8. The van der Waals surface area contributed by atoms with E-state index in [-0.39, 0.29) is 6.61 Å². The van der Waals surface area contributed by atoms with E-state index in [0.29, 0.717) is 25.8 Å². The van der Waals surface area contributed by atoms with E-state index in [4.69, 9.17) is 14.2 Å². The number of rotatable bonds is 8. The van der Waals surface area contributed by atoms with Crippen LogP contribution in [0.25, 0.3) is 0 Å². The van der Waals surface area contributed by atoms with Gasteiger partial charge in [0, 0.05) is 6.54 Å². The summed E-state index contributed by atoms with van der Waals surface area (Å²) in [6, 6.07) is -0.786. The molecule has 1 unspecified atom stereocenters. The van der Waals surface area contributed by atoms with Crippen molar-refractivity contribution in [1.29, 1.82) is 0 Å². The van der Waals surface area contributed by atoms with Crippen molar-refractivity contribution in [2.75, 3.05) is 13.2 Å². The first-order valence-electron chi connectivity index (χ1n) is 8.97. The molecule has 0 radical (unpaired) electrons. The van der Waals surface area contributed by atoms with Crippen molar-refractivity contribution < 1.29 is 28.6 Å². The molecule has 0 aliphatic carbocycles. The number of alkyl carbamates (subject to hydrolysis) is 2. The van der Waals surface area contributed by atoms with E-state index in [2.05, 4.69) is 10.6 Å². The fourth-order valence-electron chi connectivity index (χ4n) is 1.92. The third-order valence-corrected chi connectivity index (χ3v) is 2.85. The molecule has 0 saturated heterocycles. The molecule has 8 heteroatoms. The Balaban J connectivity index is 4.34. The highest BCUT2D eigenvalue weighted by molar-refractivity contribution is 5.81. The highest BCUT2D eigenvalue weighted by Crippen LogP contribution is 2.09. The maximum Gasteiger partial charge on any atom is 0.408 e. The van der Waals surface area contributed by atoms with Gasteiger partial charge in [-0.25, -0.2) is 14.4 Å². The zero-order chi connectivity index (χ0) is 20.4. The minimum atomic E-state index is -0.786. The third kappa shape index (κ3) is 13.3. The van der Waals surface area contributed by atoms with E-state index in [1.807, 2.05) is 0 Å². The van der Waals surface area contributed by atoms with E-state index >= 15 is 0 Å². The molecule has 0 spiro atoms. The minimum Gasteiger partial charge on any atom is -0.464 e. The number of hydrogen-bond donors (Lipinski definition) is 2. The van der Waals surface area contributed by atoms with Gasteiger partial charge in [-0.15, -0.1) is 0 Å². The summed E-state index contributed by atoms with van der Waals surface area (Å²) >= 11 is 0. The van der Waals surface area contributed by atoms with Gasteiger partial charge >= 0.3 is 18.2 Å². The van der Waals surface area contributed by atoms with Gasteiger partial charge in [0.15, 0.2) is 0 Å². The summed E-state index contributed by atoms with van der Waals surface area (Å²) in [7, 11) is 0. The van der Waals surface area contributed by atoms with Crippen LogP contribution in [0.1, 0.15) is 67.7 Å². The van der Waals surface area contributed by atoms with Crippen LogP contribution in [0.2, 0.25) is 0 Å². The fraction of sp³-hybridized carbons (Fsp3) is 0.833. The number of carbonyl (C=O) groups excluding carboxylic acids is 3.